The summed E-state index contributed by atoms with van der Waals surface area (Å²) in [5, 5.41) is 3.15. The summed E-state index contributed by atoms with van der Waals surface area (Å²) < 4.78 is 18.3. The topological polar surface area (TPSA) is 59.3 Å². The number of carbonyl (C=O) groups is 1. The van der Waals surface area contributed by atoms with Crippen LogP contribution in [0.4, 0.5) is 4.39 Å². The Morgan fingerprint density at radius 1 is 1.20 bits per heavy atom. The molecule has 1 heterocycles. The lowest BCUT2D eigenvalue weighted by atomic mass is 10.1. The monoisotopic (exact) mass is 337 g/mol. The van der Waals surface area contributed by atoms with Gasteiger partial charge in [-0.05, 0) is 42.8 Å². The van der Waals surface area contributed by atoms with Gasteiger partial charge in [-0.1, -0.05) is 23.8 Å². The maximum absolute atomic E-state index is 12.8. The fourth-order valence-corrected chi connectivity index (χ4v) is 2.39. The van der Waals surface area contributed by atoms with Gasteiger partial charge in [-0.2, -0.15) is 0 Å². The van der Waals surface area contributed by atoms with Gasteiger partial charge in [0.1, 0.15) is 17.7 Å². The smallest absolute Gasteiger partial charge is 0.244 e. The van der Waals surface area contributed by atoms with E-state index in [-0.39, 0.29) is 23.7 Å². The zero-order chi connectivity index (χ0) is 17.8. The Balaban J connectivity index is 1.71. The fraction of sp³-hybridized carbons (Fsp3) is 0.100. The fourth-order valence-electron chi connectivity index (χ4n) is 2.39. The summed E-state index contributed by atoms with van der Waals surface area (Å²) in [4.78, 5) is 24.3. The molecule has 5 heteroatoms. The van der Waals surface area contributed by atoms with Crippen molar-refractivity contribution in [3.05, 3.63) is 87.5 Å². The summed E-state index contributed by atoms with van der Waals surface area (Å²) in [5.74, 6) is -0.679. The Morgan fingerprint density at radius 3 is 2.72 bits per heavy atom. The van der Waals surface area contributed by atoms with E-state index >= 15 is 0 Å². The van der Waals surface area contributed by atoms with Crippen LogP contribution in [0.15, 0.2) is 64.0 Å². The zero-order valence-corrected chi connectivity index (χ0v) is 13.6. The number of benzene rings is 2. The molecule has 0 atom stereocenters. The minimum Gasteiger partial charge on any atom is -0.463 e. The first-order valence-corrected chi connectivity index (χ1v) is 7.75. The third-order valence-electron chi connectivity index (χ3n) is 3.75. The predicted octanol–water partition coefficient (Wildman–Crippen LogP) is 3.57. The summed E-state index contributed by atoms with van der Waals surface area (Å²) >= 11 is 0. The van der Waals surface area contributed by atoms with Gasteiger partial charge in [0, 0.05) is 12.6 Å². The molecular weight excluding hydrogens is 321 g/mol. The minimum absolute atomic E-state index is 0.187. The molecule has 3 rings (SSSR count). The van der Waals surface area contributed by atoms with Crippen LogP contribution in [0.1, 0.15) is 16.7 Å². The number of carbonyl (C=O) groups excluding carboxylic acids is 1. The Bertz CT molecular complexity index is 1000. The molecule has 1 amide bonds. The molecule has 3 aromatic rings. The lowest BCUT2D eigenvalue weighted by molar-refractivity contribution is -0.116. The number of hydrogen-bond acceptors (Lipinski definition) is 3. The molecule has 25 heavy (non-hydrogen) atoms. The number of nitrogens with one attached hydrogen (secondary N) is 1. The molecular formula is C20H16FNO3. The molecule has 4 nitrogen and oxygen atoms in total. The number of rotatable bonds is 4. The molecule has 0 aliphatic carbocycles. The van der Waals surface area contributed by atoms with Crippen molar-refractivity contribution in [2.24, 2.45) is 0 Å². The number of hydrogen-bond donors (Lipinski definition) is 1. The van der Waals surface area contributed by atoms with Crippen molar-refractivity contribution in [3.8, 4) is 0 Å². The summed E-state index contributed by atoms with van der Waals surface area (Å²) in [5.41, 5.74) is 2.36. The Kier molecular flexibility index (Phi) is 4.75. The van der Waals surface area contributed by atoms with Crippen LogP contribution in [-0.4, -0.2) is 5.91 Å². The van der Waals surface area contributed by atoms with Crippen LogP contribution in [0.5, 0.6) is 0 Å². The minimum atomic E-state index is -0.354. The van der Waals surface area contributed by atoms with Crippen LogP contribution >= 0.6 is 0 Å². The second-order valence-corrected chi connectivity index (χ2v) is 5.70. The highest BCUT2D eigenvalue weighted by Crippen LogP contribution is 2.13. The molecule has 0 saturated heterocycles. The molecule has 0 spiro atoms. The van der Waals surface area contributed by atoms with Crippen molar-refractivity contribution < 1.29 is 13.6 Å². The standard InChI is InChI=1S/C20H16FNO3/c1-13-2-8-18-17(10-13)20(24)15(12-25-18)5-9-19(23)22-11-14-3-6-16(21)7-4-14/h2-10,12H,11H2,1H3,(H,22,23)/b9-5+. The molecule has 1 aromatic heterocycles. The van der Waals surface area contributed by atoms with E-state index in [1.165, 1.54) is 30.5 Å². The van der Waals surface area contributed by atoms with E-state index in [9.17, 15) is 14.0 Å². The van der Waals surface area contributed by atoms with Crippen molar-refractivity contribution >= 4 is 23.0 Å². The van der Waals surface area contributed by atoms with Crippen LogP contribution in [0.3, 0.4) is 0 Å². The maximum Gasteiger partial charge on any atom is 0.244 e. The first-order chi connectivity index (χ1) is 12.0. The lowest BCUT2D eigenvalue weighted by Gasteiger charge is -2.02. The van der Waals surface area contributed by atoms with Crippen LogP contribution in [0, 0.1) is 12.7 Å². The van der Waals surface area contributed by atoms with Crippen molar-refractivity contribution in [1.29, 1.82) is 0 Å². The zero-order valence-electron chi connectivity index (χ0n) is 13.6. The highest BCUT2D eigenvalue weighted by Gasteiger charge is 2.05. The van der Waals surface area contributed by atoms with Gasteiger partial charge in [0.25, 0.3) is 0 Å². The molecule has 2 aromatic carbocycles. The summed E-state index contributed by atoms with van der Waals surface area (Å²) in [7, 11) is 0. The van der Waals surface area contributed by atoms with E-state index in [1.54, 1.807) is 24.3 Å². The lowest BCUT2D eigenvalue weighted by Crippen LogP contribution is -2.20. The average molecular weight is 337 g/mol. The van der Waals surface area contributed by atoms with Gasteiger partial charge in [0.15, 0.2) is 5.43 Å². The normalized spacial score (nSPS) is 11.1. The van der Waals surface area contributed by atoms with E-state index in [2.05, 4.69) is 5.32 Å². The Morgan fingerprint density at radius 2 is 1.96 bits per heavy atom. The van der Waals surface area contributed by atoms with E-state index in [4.69, 9.17) is 4.42 Å². The number of halogens is 1. The highest BCUT2D eigenvalue weighted by atomic mass is 19.1. The highest BCUT2D eigenvalue weighted by molar-refractivity contribution is 5.92. The molecule has 0 bridgehead atoms. The SMILES string of the molecule is Cc1ccc2occ(/C=C/C(=O)NCc3ccc(F)cc3)c(=O)c2c1. The third-order valence-corrected chi connectivity index (χ3v) is 3.75. The van der Waals surface area contributed by atoms with E-state index < -0.39 is 0 Å². The first kappa shape index (κ1) is 16.6. The van der Waals surface area contributed by atoms with E-state index in [0.717, 1.165) is 11.1 Å². The predicted molar refractivity (Wildman–Crippen MR) is 94.5 cm³/mol. The van der Waals surface area contributed by atoms with Gasteiger partial charge in [0.05, 0.1) is 10.9 Å². The largest absolute Gasteiger partial charge is 0.463 e. The quantitative estimate of drug-likeness (QED) is 0.741. The van der Waals surface area contributed by atoms with Gasteiger partial charge < -0.3 is 9.73 Å². The van der Waals surface area contributed by atoms with Crippen LogP contribution in [0.2, 0.25) is 0 Å². The van der Waals surface area contributed by atoms with Crippen LogP contribution in [-0.2, 0) is 11.3 Å². The van der Waals surface area contributed by atoms with E-state index in [0.29, 0.717) is 16.5 Å². The summed E-state index contributed by atoms with van der Waals surface area (Å²) in [6.45, 7) is 2.17. The van der Waals surface area contributed by atoms with Gasteiger partial charge in [-0.25, -0.2) is 4.39 Å². The second kappa shape index (κ2) is 7.13. The molecule has 0 aliphatic rings. The van der Waals surface area contributed by atoms with E-state index in [1.807, 2.05) is 13.0 Å². The Labute approximate surface area is 143 Å². The number of amides is 1. The molecule has 126 valence electrons. The number of aryl methyl sites for hydroxylation is 1. The molecule has 0 aliphatic heterocycles. The molecule has 0 unspecified atom stereocenters. The van der Waals surface area contributed by atoms with Crippen molar-refractivity contribution in [1.82, 2.24) is 5.32 Å². The Hall–Kier alpha value is -3.21. The maximum atomic E-state index is 12.8. The van der Waals surface area contributed by atoms with Crippen LogP contribution in [0.25, 0.3) is 17.0 Å². The first-order valence-electron chi connectivity index (χ1n) is 7.75. The van der Waals surface area contributed by atoms with Crippen LogP contribution < -0.4 is 10.7 Å². The summed E-state index contributed by atoms with van der Waals surface area (Å²) in [6.07, 6.45) is 4.04. The van der Waals surface area contributed by atoms with Crippen molar-refractivity contribution in [2.45, 2.75) is 13.5 Å². The second-order valence-electron chi connectivity index (χ2n) is 5.70. The van der Waals surface area contributed by atoms with Gasteiger partial charge >= 0.3 is 0 Å². The van der Waals surface area contributed by atoms with Crippen molar-refractivity contribution in [2.75, 3.05) is 0 Å². The molecule has 0 radical (unpaired) electrons. The summed E-state index contributed by atoms with van der Waals surface area (Å²) in [6, 6.07) is 11.2. The van der Waals surface area contributed by atoms with Gasteiger partial charge in [-0.15, -0.1) is 0 Å². The number of fused-ring (bicyclic) bond motifs is 1. The van der Waals surface area contributed by atoms with Gasteiger partial charge in [-0.3, -0.25) is 9.59 Å². The van der Waals surface area contributed by atoms with Crippen molar-refractivity contribution in [3.63, 3.8) is 0 Å². The molecule has 1 N–H and O–H groups in total. The average Bonchev–Trinajstić information content (AvgIpc) is 2.61. The molecule has 0 saturated carbocycles. The molecule has 0 fully saturated rings. The van der Waals surface area contributed by atoms with Gasteiger partial charge in [0.2, 0.25) is 5.91 Å². The third kappa shape index (κ3) is 4.01.